The molecule has 2 atom stereocenters. The lowest BCUT2D eigenvalue weighted by Crippen LogP contribution is -2.56. The first-order valence-corrected chi connectivity index (χ1v) is 8.32. The van der Waals surface area contributed by atoms with Gasteiger partial charge in [0.25, 0.3) is 5.91 Å². The van der Waals surface area contributed by atoms with E-state index in [1.54, 1.807) is 23.7 Å². The van der Waals surface area contributed by atoms with E-state index in [1.807, 2.05) is 29.2 Å². The molecule has 0 aromatic heterocycles. The minimum atomic E-state index is -0.588. The molecule has 0 aliphatic carbocycles. The molecule has 1 saturated heterocycles. The number of hydrogen-bond acceptors (Lipinski definition) is 4. The van der Waals surface area contributed by atoms with Crippen molar-refractivity contribution in [1.82, 2.24) is 15.3 Å². The van der Waals surface area contributed by atoms with Crippen molar-refractivity contribution >= 4 is 24.0 Å². The summed E-state index contributed by atoms with van der Waals surface area (Å²) in [5.41, 5.74) is 3.22. The maximum Gasteiger partial charge on any atom is 0.267 e. The maximum absolute atomic E-state index is 12.4. The number of carbonyl (C=O) groups is 2. The summed E-state index contributed by atoms with van der Waals surface area (Å²) in [5.74, 6) is -0.582. The predicted octanol–water partition coefficient (Wildman–Crippen LogP) is 1.77. The molecule has 0 bridgehead atoms. The van der Waals surface area contributed by atoms with Crippen LogP contribution in [0.2, 0.25) is 0 Å². The number of nitrogens with zero attached hydrogens (tertiary/aromatic N) is 2. The highest BCUT2D eigenvalue weighted by molar-refractivity contribution is 5.92. The van der Waals surface area contributed by atoms with Crippen molar-refractivity contribution in [1.29, 1.82) is 0 Å². The number of amides is 2. The Balaban J connectivity index is 2.02. The summed E-state index contributed by atoms with van der Waals surface area (Å²) in [6.45, 7) is 5.70. The third-order valence-corrected chi connectivity index (χ3v) is 4.54. The van der Waals surface area contributed by atoms with Crippen LogP contribution in [-0.2, 0) is 9.59 Å². The van der Waals surface area contributed by atoms with E-state index >= 15 is 0 Å². The van der Waals surface area contributed by atoms with Gasteiger partial charge in [0.1, 0.15) is 0 Å². The van der Waals surface area contributed by atoms with Crippen LogP contribution in [0.15, 0.2) is 36.4 Å². The molecule has 2 rings (SSSR count). The van der Waals surface area contributed by atoms with Crippen molar-refractivity contribution in [3.05, 3.63) is 47.5 Å². The molecule has 1 aromatic carbocycles. The summed E-state index contributed by atoms with van der Waals surface area (Å²) in [7, 11) is 2.09. The Labute approximate surface area is 148 Å². The van der Waals surface area contributed by atoms with Gasteiger partial charge in [-0.05, 0) is 50.2 Å². The highest BCUT2D eigenvalue weighted by atomic mass is 16.5. The first kappa shape index (κ1) is 18.9. The van der Waals surface area contributed by atoms with Gasteiger partial charge >= 0.3 is 0 Å². The van der Waals surface area contributed by atoms with E-state index in [1.165, 1.54) is 6.08 Å². The number of hydrogen-bond donors (Lipinski definition) is 2. The molecule has 1 heterocycles. The minimum absolute atomic E-state index is 0.00686. The zero-order chi connectivity index (χ0) is 18.4. The van der Waals surface area contributed by atoms with E-state index in [4.69, 9.17) is 5.21 Å². The Hall–Kier alpha value is -2.44. The van der Waals surface area contributed by atoms with Gasteiger partial charge in [-0.1, -0.05) is 18.2 Å². The van der Waals surface area contributed by atoms with E-state index in [-0.39, 0.29) is 5.91 Å². The molecule has 1 aromatic rings. The zero-order valence-corrected chi connectivity index (χ0v) is 14.8. The van der Waals surface area contributed by atoms with Crippen molar-refractivity contribution in [3.63, 3.8) is 0 Å². The minimum Gasteiger partial charge on any atom is -0.336 e. The lowest BCUT2D eigenvalue weighted by Gasteiger charge is -2.42. The number of rotatable bonds is 4. The molecule has 6 nitrogen and oxygen atoms in total. The molecule has 2 N–H and O–H groups in total. The van der Waals surface area contributed by atoms with Gasteiger partial charge in [0.15, 0.2) is 0 Å². The number of likely N-dealkylation sites (N-methyl/N-ethyl adjacent to an activating group) is 1. The Kier molecular flexibility index (Phi) is 6.50. The molecule has 0 spiro atoms. The fraction of sp³-hybridized carbons (Fsp3) is 0.368. The molecule has 2 amide bonds. The van der Waals surface area contributed by atoms with Gasteiger partial charge in [0.2, 0.25) is 5.91 Å². The second-order valence-corrected chi connectivity index (χ2v) is 6.42. The van der Waals surface area contributed by atoms with Crippen molar-refractivity contribution in [2.75, 3.05) is 20.1 Å². The Bertz CT molecular complexity index is 672. The highest BCUT2D eigenvalue weighted by Crippen LogP contribution is 2.14. The maximum atomic E-state index is 12.4. The summed E-state index contributed by atoms with van der Waals surface area (Å²) in [6.07, 6.45) is 6.20. The molecule has 134 valence electrons. The average molecular weight is 343 g/mol. The standard InChI is InChI=1S/C19H25N3O3/c1-14-12-22(13-15(2)21(14)3)19(24)10-8-17-6-4-5-16(11-17)7-9-18(23)20-25/h4-11,14-15,25H,12-13H2,1-3H3,(H,20,23). The molecule has 2 unspecified atom stereocenters. The van der Waals surface area contributed by atoms with Crippen molar-refractivity contribution < 1.29 is 14.8 Å². The summed E-state index contributed by atoms with van der Waals surface area (Å²) in [5, 5.41) is 8.48. The molecular formula is C19H25N3O3. The molecule has 1 aliphatic rings. The van der Waals surface area contributed by atoms with Crippen LogP contribution in [0.1, 0.15) is 25.0 Å². The SMILES string of the molecule is CC1CN(C(=O)C=Cc2cccc(C=CC(=O)NO)c2)CC(C)N1C. The van der Waals surface area contributed by atoms with Gasteiger partial charge in [-0.25, -0.2) is 5.48 Å². The Morgan fingerprint density at radius 3 is 2.24 bits per heavy atom. The normalized spacial score (nSPS) is 21.8. The number of hydroxylamine groups is 1. The molecule has 6 heteroatoms. The summed E-state index contributed by atoms with van der Waals surface area (Å²) < 4.78 is 0. The van der Waals surface area contributed by atoms with Crippen LogP contribution in [0.5, 0.6) is 0 Å². The molecule has 1 fully saturated rings. The van der Waals surface area contributed by atoms with Gasteiger partial charge in [0, 0.05) is 37.3 Å². The molecular weight excluding hydrogens is 318 g/mol. The summed E-state index contributed by atoms with van der Waals surface area (Å²) >= 11 is 0. The number of piperazine rings is 1. The van der Waals surface area contributed by atoms with Crippen LogP contribution < -0.4 is 5.48 Å². The van der Waals surface area contributed by atoms with E-state index in [0.717, 1.165) is 24.2 Å². The molecule has 25 heavy (non-hydrogen) atoms. The van der Waals surface area contributed by atoms with Crippen LogP contribution in [0.3, 0.4) is 0 Å². The quantitative estimate of drug-likeness (QED) is 0.496. The molecule has 1 aliphatic heterocycles. The van der Waals surface area contributed by atoms with E-state index in [0.29, 0.717) is 12.1 Å². The summed E-state index contributed by atoms with van der Waals surface area (Å²) in [6, 6.07) is 8.12. The number of benzene rings is 1. The fourth-order valence-electron chi connectivity index (χ4n) is 2.83. The van der Waals surface area contributed by atoms with E-state index in [2.05, 4.69) is 25.8 Å². The first-order valence-electron chi connectivity index (χ1n) is 8.32. The van der Waals surface area contributed by atoms with Gasteiger partial charge in [-0.2, -0.15) is 0 Å². The lowest BCUT2D eigenvalue weighted by molar-refractivity contribution is -0.129. The monoisotopic (exact) mass is 343 g/mol. The van der Waals surface area contributed by atoms with Crippen LogP contribution in [0.25, 0.3) is 12.2 Å². The predicted molar refractivity (Wildman–Crippen MR) is 97.7 cm³/mol. The van der Waals surface area contributed by atoms with Crippen LogP contribution >= 0.6 is 0 Å². The lowest BCUT2D eigenvalue weighted by atomic mass is 10.1. The Morgan fingerprint density at radius 2 is 1.68 bits per heavy atom. The number of nitrogens with one attached hydrogen (secondary N) is 1. The largest absolute Gasteiger partial charge is 0.336 e. The molecule has 0 radical (unpaired) electrons. The number of carbonyl (C=O) groups excluding carboxylic acids is 2. The third-order valence-electron chi connectivity index (χ3n) is 4.54. The zero-order valence-electron chi connectivity index (χ0n) is 14.8. The van der Waals surface area contributed by atoms with Crippen LogP contribution in [-0.4, -0.2) is 59.0 Å². The van der Waals surface area contributed by atoms with Crippen LogP contribution in [0.4, 0.5) is 0 Å². The third kappa shape index (κ3) is 5.27. The Morgan fingerprint density at radius 1 is 1.12 bits per heavy atom. The van der Waals surface area contributed by atoms with Gasteiger partial charge in [0.05, 0.1) is 0 Å². The summed E-state index contributed by atoms with van der Waals surface area (Å²) in [4.78, 5) is 27.6. The first-order chi connectivity index (χ1) is 11.9. The van der Waals surface area contributed by atoms with Gasteiger partial charge in [-0.15, -0.1) is 0 Å². The second kappa shape index (κ2) is 8.60. The molecule has 0 saturated carbocycles. The topological polar surface area (TPSA) is 72.9 Å². The average Bonchev–Trinajstić information content (AvgIpc) is 2.62. The van der Waals surface area contributed by atoms with Crippen molar-refractivity contribution in [3.8, 4) is 0 Å². The van der Waals surface area contributed by atoms with E-state index in [9.17, 15) is 9.59 Å². The highest BCUT2D eigenvalue weighted by Gasteiger charge is 2.28. The van der Waals surface area contributed by atoms with Crippen molar-refractivity contribution in [2.45, 2.75) is 25.9 Å². The fourth-order valence-corrected chi connectivity index (χ4v) is 2.83. The second-order valence-electron chi connectivity index (χ2n) is 6.42. The van der Waals surface area contributed by atoms with E-state index < -0.39 is 5.91 Å². The van der Waals surface area contributed by atoms with Gasteiger partial charge < -0.3 is 4.90 Å². The smallest absolute Gasteiger partial charge is 0.267 e. The van der Waals surface area contributed by atoms with Gasteiger partial charge in [-0.3, -0.25) is 19.7 Å². The van der Waals surface area contributed by atoms with Crippen LogP contribution in [0, 0.1) is 0 Å². The van der Waals surface area contributed by atoms with Crippen molar-refractivity contribution in [2.24, 2.45) is 0 Å².